The number of carbonyl (C=O) groups is 2. The van der Waals surface area contributed by atoms with Gasteiger partial charge in [-0.25, -0.2) is 0 Å². The van der Waals surface area contributed by atoms with E-state index in [0.717, 1.165) is 5.56 Å². The summed E-state index contributed by atoms with van der Waals surface area (Å²) in [6, 6.07) is 14.6. The van der Waals surface area contributed by atoms with Crippen LogP contribution in [0.4, 0.5) is 5.69 Å². The van der Waals surface area contributed by atoms with Gasteiger partial charge in [0.25, 0.3) is 11.7 Å². The third-order valence-corrected chi connectivity index (χ3v) is 5.93. The van der Waals surface area contributed by atoms with Crippen LogP contribution in [0.25, 0.3) is 5.76 Å². The monoisotopic (exact) mass is 465 g/mol. The third-order valence-electron chi connectivity index (χ3n) is 5.60. The molecule has 3 aromatic rings. The molecular weight excluding hydrogens is 442 g/mol. The topological polar surface area (TPSA) is 80.0 Å². The highest BCUT2D eigenvalue weighted by Gasteiger charge is 2.48. The van der Waals surface area contributed by atoms with E-state index in [-0.39, 0.29) is 21.9 Å². The number of ether oxygens (including phenoxy) is 1. The first kappa shape index (κ1) is 22.7. The number of rotatable bonds is 6. The number of benzene rings is 2. The zero-order valence-corrected chi connectivity index (χ0v) is 19.3. The lowest BCUT2D eigenvalue weighted by molar-refractivity contribution is -0.132. The molecule has 1 aliphatic rings. The highest BCUT2D eigenvalue weighted by Crippen LogP contribution is 2.43. The predicted molar refractivity (Wildman–Crippen MR) is 127 cm³/mol. The molecule has 0 aliphatic carbocycles. The fraction of sp³-hybridized carbons (Fsp3) is 0.231. The van der Waals surface area contributed by atoms with Crippen LogP contribution >= 0.6 is 11.6 Å². The van der Waals surface area contributed by atoms with Gasteiger partial charge in [0.1, 0.15) is 23.3 Å². The van der Waals surface area contributed by atoms with Crippen molar-refractivity contribution in [2.45, 2.75) is 32.7 Å². The van der Waals surface area contributed by atoms with Crippen molar-refractivity contribution < 1.29 is 23.8 Å². The molecule has 4 rings (SSSR count). The zero-order valence-electron chi connectivity index (χ0n) is 18.5. The maximum atomic E-state index is 13.2. The van der Waals surface area contributed by atoms with Crippen molar-refractivity contribution in [3.63, 3.8) is 0 Å². The summed E-state index contributed by atoms with van der Waals surface area (Å²) in [5.74, 6) is -0.818. The molecule has 7 heteroatoms. The minimum Gasteiger partial charge on any atom is -0.507 e. The van der Waals surface area contributed by atoms with Gasteiger partial charge in [-0.3, -0.25) is 14.5 Å². The van der Waals surface area contributed by atoms with Gasteiger partial charge in [-0.05, 0) is 60.9 Å². The molecule has 0 saturated carbocycles. The Hall–Kier alpha value is -3.51. The smallest absolute Gasteiger partial charge is 0.300 e. The molecule has 2 heterocycles. The molecule has 1 aliphatic heterocycles. The Kier molecular flexibility index (Phi) is 6.29. The second-order valence-electron chi connectivity index (χ2n) is 8.01. The lowest BCUT2D eigenvalue weighted by Crippen LogP contribution is -2.29. The average Bonchev–Trinajstić information content (AvgIpc) is 3.42. The average molecular weight is 466 g/mol. The van der Waals surface area contributed by atoms with E-state index in [4.69, 9.17) is 20.8 Å². The number of hydrogen-bond donors (Lipinski definition) is 1. The number of aliphatic hydroxyl groups is 1. The summed E-state index contributed by atoms with van der Waals surface area (Å²) >= 11 is 6.34. The lowest BCUT2D eigenvalue weighted by atomic mass is 9.98. The van der Waals surface area contributed by atoms with Crippen LogP contribution < -0.4 is 9.64 Å². The Morgan fingerprint density at radius 2 is 1.88 bits per heavy atom. The standard InChI is InChI=1S/C26H24ClNO5/c1-4-32-18-11-12-20(27)19(14-18)24(29)22-23(21-6-5-13-33-21)28(26(31)25(22)30)17-9-7-16(8-10-17)15(2)3/h5-15,23,29H,4H2,1-3H3/b24-22-. The quantitative estimate of drug-likeness (QED) is 0.271. The summed E-state index contributed by atoms with van der Waals surface area (Å²) in [6.45, 7) is 6.40. The van der Waals surface area contributed by atoms with E-state index in [2.05, 4.69) is 13.8 Å². The van der Waals surface area contributed by atoms with Gasteiger partial charge in [-0.2, -0.15) is 0 Å². The molecule has 0 spiro atoms. The van der Waals surface area contributed by atoms with Crippen molar-refractivity contribution >= 4 is 34.7 Å². The van der Waals surface area contributed by atoms with Crippen molar-refractivity contribution in [3.8, 4) is 5.75 Å². The van der Waals surface area contributed by atoms with Crippen molar-refractivity contribution in [3.05, 3.63) is 88.3 Å². The molecule has 1 atom stereocenters. The fourth-order valence-corrected chi connectivity index (χ4v) is 4.13. The number of anilines is 1. The first-order valence-corrected chi connectivity index (χ1v) is 11.1. The maximum absolute atomic E-state index is 13.2. The largest absolute Gasteiger partial charge is 0.507 e. The Labute approximate surface area is 197 Å². The Balaban J connectivity index is 1.88. The number of aliphatic hydroxyl groups excluding tert-OH is 1. The second-order valence-corrected chi connectivity index (χ2v) is 8.41. The van der Waals surface area contributed by atoms with E-state index in [1.54, 1.807) is 42.5 Å². The van der Waals surface area contributed by atoms with Gasteiger partial charge in [0, 0.05) is 11.3 Å². The van der Waals surface area contributed by atoms with E-state index in [1.165, 1.54) is 11.2 Å². The number of hydrogen-bond acceptors (Lipinski definition) is 5. The van der Waals surface area contributed by atoms with Gasteiger partial charge in [0.05, 0.1) is 23.5 Å². The van der Waals surface area contributed by atoms with Gasteiger partial charge >= 0.3 is 0 Å². The van der Waals surface area contributed by atoms with Gasteiger partial charge < -0.3 is 14.3 Å². The highest BCUT2D eigenvalue weighted by atomic mass is 35.5. The SMILES string of the molecule is CCOc1ccc(Cl)c(/C(O)=C2/C(=O)C(=O)N(c3ccc(C(C)C)cc3)C2c2ccco2)c1. The molecule has 1 unspecified atom stereocenters. The van der Waals surface area contributed by atoms with Crippen LogP contribution in [-0.4, -0.2) is 23.4 Å². The van der Waals surface area contributed by atoms with Crippen molar-refractivity contribution in [2.75, 3.05) is 11.5 Å². The molecule has 2 aromatic carbocycles. The molecule has 6 nitrogen and oxygen atoms in total. The molecule has 1 aromatic heterocycles. The Morgan fingerprint density at radius 3 is 2.48 bits per heavy atom. The predicted octanol–water partition coefficient (Wildman–Crippen LogP) is 6.08. The van der Waals surface area contributed by atoms with Gasteiger partial charge in [-0.15, -0.1) is 0 Å². The normalized spacial score (nSPS) is 17.7. The molecule has 33 heavy (non-hydrogen) atoms. The van der Waals surface area contributed by atoms with Crippen molar-refractivity contribution in [2.24, 2.45) is 0 Å². The molecule has 170 valence electrons. The molecule has 1 fully saturated rings. The first-order chi connectivity index (χ1) is 15.8. The molecule has 1 amide bonds. The van der Waals surface area contributed by atoms with Crippen LogP contribution in [-0.2, 0) is 9.59 Å². The van der Waals surface area contributed by atoms with E-state index < -0.39 is 17.7 Å². The molecule has 1 N–H and O–H groups in total. The fourth-order valence-electron chi connectivity index (χ4n) is 3.92. The number of furan rings is 1. The summed E-state index contributed by atoms with van der Waals surface area (Å²) in [7, 11) is 0. The Bertz CT molecular complexity index is 1210. The summed E-state index contributed by atoms with van der Waals surface area (Å²) in [6.07, 6.45) is 1.46. The van der Waals surface area contributed by atoms with Crippen molar-refractivity contribution in [1.82, 2.24) is 0 Å². The minimum absolute atomic E-state index is 0.0987. The zero-order chi connectivity index (χ0) is 23.7. The van der Waals surface area contributed by atoms with Crippen LogP contribution in [0.1, 0.15) is 49.6 Å². The number of Topliss-reactive ketones (excluding diaryl/α,β-unsaturated/α-hetero) is 1. The summed E-state index contributed by atoms with van der Waals surface area (Å²) in [5.41, 5.74) is 1.73. The highest BCUT2D eigenvalue weighted by molar-refractivity contribution is 6.51. The van der Waals surface area contributed by atoms with Gasteiger partial charge in [0.15, 0.2) is 0 Å². The van der Waals surface area contributed by atoms with E-state index in [0.29, 0.717) is 29.7 Å². The second kappa shape index (κ2) is 9.16. The number of nitrogens with zero attached hydrogens (tertiary/aromatic N) is 1. The Morgan fingerprint density at radius 1 is 1.15 bits per heavy atom. The first-order valence-electron chi connectivity index (χ1n) is 10.7. The van der Waals surface area contributed by atoms with E-state index in [1.807, 2.05) is 19.1 Å². The molecule has 0 radical (unpaired) electrons. The van der Waals surface area contributed by atoms with Crippen LogP contribution in [0.2, 0.25) is 5.02 Å². The van der Waals surface area contributed by atoms with Gasteiger partial charge in [-0.1, -0.05) is 37.6 Å². The molecular formula is C26H24ClNO5. The molecule has 1 saturated heterocycles. The number of halogens is 1. The van der Waals surface area contributed by atoms with Crippen LogP contribution in [0.15, 0.2) is 70.9 Å². The van der Waals surface area contributed by atoms with E-state index >= 15 is 0 Å². The molecule has 0 bridgehead atoms. The van der Waals surface area contributed by atoms with Crippen LogP contribution in [0, 0.1) is 0 Å². The summed E-state index contributed by atoms with van der Waals surface area (Å²) in [5, 5.41) is 11.5. The maximum Gasteiger partial charge on any atom is 0.300 e. The van der Waals surface area contributed by atoms with Crippen molar-refractivity contribution in [1.29, 1.82) is 0 Å². The lowest BCUT2D eigenvalue weighted by Gasteiger charge is -2.24. The van der Waals surface area contributed by atoms with Crippen LogP contribution in [0.3, 0.4) is 0 Å². The number of ketones is 1. The number of carbonyl (C=O) groups excluding carboxylic acids is 2. The van der Waals surface area contributed by atoms with Crippen LogP contribution in [0.5, 0.6) is 5.75 Å². The third kappa shape index (κ3) is 4.14. The number of amides is 1. The van der Waals surface area contributed by atoms with Gasteiger partial charge in [0.2, 0.25) is 0 Å². The summed E-state index contributed by atoms with van der Waals surface area (Å²) < 4.78 is 11.1. The minimum atomic E-state index is -0.947. The van der Waals surface area contributed by atoms with E-state index in [9.17, 15) is 14.7 Å². The summed E-state index contributed by atoms with van der Waals surface area (Å²) in [4.78, 5) is 27.7.